The van der Waals surface area contributed by atoms with Gasteiger partial charge in [0.1, 0.15) is 109 Å². The van der Waals surface area contributed by atoms with Crippen molar-refractivity contribution in [2.45, 2.75) is 143 Å². The molecule has 0 radical (unpaired) electrons. The van der Waals surface area contributed by atoms with Gasteiger partial charge >= 0.3 is 0 Å². The van der Waals surface area contributed by atoms with E-state index in [4.69, 9.17) is 41.1 Å². The molecule has 29 heteroatoms. The third-order valence-corrected chi connectivity index (χ3v) is 9.73. The van der Waals surface area contributed by atoms with Crippen molar-refractivity contribution in [3.63, 3.8) is 0 Å². The lowest BCUT2D eigenvalue weighted by Gasteiger charge is -2.42. The number of hydrogen-bond acceptors (Lipinski definition) is 23. The number of terminal acetylenes is 1. The Hall–Kier alpha value is -3.04. The van der Waals surface area contributed by atoms with E-state index in [9.17, 15) is 70.9 Å². The summed E-state index contributed by atoms with van der Waals surface area (Å²) < 4.78 is 22.1. The molecule has 0 aliphatic carbocycles. The summed E-state index contributed by atoms with van der Waals surface area (Å²) in [5.41, 5.74) is 8.35. The molecule has 0 aromatic carbocycles. The topological polar surface area (TPSA) is 458 Å². The molecule has 1 aromatic heterocycles. The van der Waals surface area contributed by atoms with Crippen LogP contribution in [0.3, 0.4) is 0 Å². The van der Waals surface area contributed by atoms with E-state index >= 15 is 0 Å². The Balaban J connectivity index is 0.000000509. The van der Waals surface area contributed by atoms with E-state index in [-0.39, 0.29) is 37.1 Å². The molecule has 0 bridgehead atoms. The van der Waals surface area contributed by atoms with Crippen molar-refractivity contribution in [1.82, 2.24) is 25.6 Å². The van der Waals surface area contributed by atoms with Gasteiger partial charge in [0.15, 0.2) is 12.5 Å². The van der Waals surface area contributed by atoms with Crippen LogP contribution in [0.4, 0.5) is 0 Å². The molecular weight excluding hydrogens is 955 g/mol. The van der Waals surface area contributed by atoms with Crippen molar-refractivity contribution in [3.8, 4) is 12.3 Å². The van der Waals surface area contributed by atoms with Gasteiger partial charge in [0, 0.05) is 18.8 Å². The number of aliphatic hydroxyl groups excluding tert-OH is 14. The summed E-state index contributed by atoms with van der Waals surface area (Å²) in [7, 11) is 0. The zero-order valence-corrected chi connectivity index (χ0v) is 34.7. The number of nitrogens with zero attached hydrogens (tertiary/aromatic N) is 6. The van der Waals surface area contributed by atoms with E-state index in [1.807, 2.05) is 0 Å². The minimum atomic E-state index is -1.61. The number of amides is 2. The van der Waals surface area contributed by atoms with E-state index in [1.165, 1.54) is 20.0 Å². The van der Waals surface area contributed by atoms with E-state index in [0.717, 1.165) is 4.68 Å². The Kier molecular flexibility index (Phi) is 23.9. The molecule has 62 heavy (non-hydrogen) atoms. The molecule has 356 valence electrons. The van der Waals surface area contributed by atoms with Crippen LogP contribution in [0.2, 0.25) is 0 Å². The molecule has 0 saturated carbocycles. The maximum atomic E-state index is 11.5. The number of rotatable bonds is 9. The first-order valence-corrected chi connectivity index (χ1v) is 18.1. The fraction of sp³-hybridized carbons (Fsp3) is 0.818. The number of carbonyl (C=O) groups excluding carboxylic acids is 2. The molecule has 4 aliphatic heterocycles. The normalized spacial score (nSPS) is 40.1. The number of carbonyl (C=O) groups is 2. The second kappa shape index (κ2) is 26.1. The number of aromatic nitrogens is 3. The third kappa shape index (κ3) is 13.5. The molecule has 4 aliphatic rings. The lowest BCUT2D eigenvalue weighted by molar-refractivity contribution is -0.232. The highest BCUT2D eigenvalue weighted by molar-refractivity contribution is 14.0. The van der Waals surface area contributed by atoms with Crippen molar-refractivity contribution in [1.29, 1.82) is 0 Å². The molecule has 20 atom stereocenters. The Morgan fingerprint density at radius 2 is 1.15 bits per heavy atom. The molecule has 5 heterocycles. The maximum Gasteiger partial charge on any atom is 0.217 e. The van der Waals surface area contributed by atoms with Crippen LogP contribution in [-0.4, -0.2) is 235 Å². The summed E-state index contributed by atoms with van der Waals surface area (Å²) >= 11 is 0. The standard InChI is InChI=1S/C16H26N4O10.C8H14N4O5.C8H12O5.CH4.HI/c1-5(23)17-9-12(26)10(24)8(4-22)30-16(9)20-2-6(18-19-20)15-14(28)13(27)11(25)7(3-21)29-15;1-3(14)10-5-7(16)6(15)4(2-13)17-8(5)11-12-9;1-2-4-6(10)8(12)7(11)5(3-9)13-4;;/h2,7-16,21-22,24-28H,3-4H2,1H3,(H,17,23);4-8,13,15-16H,2H2,1H3,(H,10,14);1,4-12H,3H2;1H4;1H/t7-,8-,9-,10-,11-,12-,13+,14+,15-,16-;2*4-,5-,6-,7-,8-;;/m111../s1. The fourth-order valence-electron chi connectivity index (χ4n) is 6.48. The van der Waals surface area contributed by atoms with Gasteiger partial charge in [-0.3, -0.25) is 9.59 Å². The fourth-order valence-corrected chi connectivity index (χ4v) is 6.48. The number of nitrogens with one attached hydrogen (secondary N) is 2. The largest absolute Gasteiger partial charge is 0.394 e. The smallest absolute Gasteiger partial charge is 0.217 e. The third-order valence-electron chi connectivity index (χ3n) is 9.73. The van der Waals surface area contributed by atoms with Crippen molar-refractivity contribution < 1.29 is 100 Å². The summed E-state index contributed by atoms with van der Waals surface area (Å²) in [6.45, 7) is 0.189. The highest BCUT2D eigenvalue weighted by Crippen LogP contribution is 2.33. The van der Waals surface area contributed by atoms with Gasteiger partial charge in [-0.1, -0.05) is 23.7 Å². The van der Waals surface area contributed by atoms with E-state index in [2.05, 4.69) is 36.9 Å². The maximum absolute atomic E-state index is 11.5. The zero-order valence-electron chi connectivity index (χ0n) is 32.3. The minimum absolute atomic E-state index is 0. The molecule has 4 fully saturated rings. The van der Waals surface area contributed by atoms with E-state index in [1.54, 1.807) is 0 Å². The zero-order chi connectivity index (χ0) is 45.2. The van der Waals surface area contributed by atoms with Gasteiger partial charge in [0.2, 0.25) is 11.8 Å². The Bertz CT molecular complexity index is 1620. The summed E-state index contributed by atoms with van der Waals surface area (Å²) in [5.74, 6) is 1.13. The summed E-state index contributed by atoms with van der Waals surface area (Å²) in [6.07, 6.45) is -17.1. The predicted octanol–water partition coefficient (Wildman–Crippen LogP) is -8.13. The van der Waals surface area contributed by atoms with Crippen LogP contribution in [-0.2, 0) is 28.5 Å². The molecule has 28 nitrogen and oxygen atoms in total. The quantitative estimate of drug-likeness (QED) is 0.0359. The van der Waals surface area contributed by atoms with Gasteiger partial charge < -0.3 is 101 Å². The average molecular weight is 1010 g/mol. The summed E-state index contributed by atoms with van der Waals surface area (Å²) in [5, 5.41) is 150. The van der Waals surface area contributed by atoms with Gasteiger partial charge in [0.05, 0.1) is 38.7 Å². The lowest BCUT2D eigenvalue weighted by atomic mass is 9.94. The number of halogens is 1. The highest BCUT2D eigenvalue weighted by atomic mass is 127. The van der Waals surface area contributed by atoms with Gasteiger partial charge in [-0.05, 0) is 5.53 Å². The molecule has 0 unspecified atom stereocenters. The van der Waals surface area contributed by atoms with Crippen molar-refractivity contribution in [3.05, 3.63) is 22.3 Å². The number of hydrogen-bond donors (Lipinski definition) is 16. The molecule has 16 N–H and O–H groups in total. The monoisotopic (exact) mass is 1010 g/mol. The van der Waals surface area contributed by atoms with Gasteiger partial charge in [-0.15, -0.1) is 35.5 Å². The molecule has 0 spiro atoms. The second-order valence-electron chi connectivity index (χ2n) is 13.9. The summed E-state index contributed by atoms with van der Waals surface area (Å²) in [4.78, 5) is 25.0. The van der Waals surface area contributed by atoms with Crippen LogP contribution >= 0.6 is 24.0 Å². The number of azide groups is 1. The van der Waals surface area contributed by atoms with Crippen molar-refractivity contribution in [2.24, 2.45) is 5.11 Å². The van der Waals surface area contributed by atoms with Crippen LogP contribution in [0.25, 0.3) is 10.4 Å². The average Bonchev–Trinajstić information content (AvgIpc) is 3.71. The minimum Gasteiger partial charge on any atom is -0.394 e. The molecular formula is C33H57IN8O20. The molecule has 1 aromatic rings. The first kappa shape index (κ1) is 57.0. The number of aliphatic hydroxyl groups is 14. The van der Waals surface area contributed by atoms with Crippen LogP contribution in [0.1, 0.15) is 39.3 Å². The molecule has 5 rings (SSSR count). The highest BCUT2D eigenvalue weighted by Gasteiger charge is 2.49. The predicted molar refractivity (Wildman–Crippen MR) is 213 cm³/mol. The summed E-state index contributed by atoms with van der Waals surface area (Å²) in [6, 6.07) is -2.20. The van der Waals surface area contributed by atoms with Gasteiger partial charge in [-0.25, -0.2) is 4.68 Å². The van der Waals surface area contributed by atoms with Crippen molar-refractivity contribution >= 4 is 35.8 Å². The van der Waals surface area contributed by atoms with Crippen LogP contribution < -0.4 is 10.6 Å². The van der Waals surface area contributed by atoms with Crippen molar-refractivity contribution in [2.75, 3.05) is 26.4 Å². The van der Waals surface area contributed by atoms with Gasteiger partial charge in [-0.2, -0.15) is 0 Å². The lowest BCUT2D eigenvalue weighted by Crippen LogP contribution is -2.63. The van der Waals surface area contributed by atoms with E-state index < -0.39 is 160 Å². The van der Waals surface area contributed by atoms with Crippen LogP contribution in [0.15, 0.2) is 11.3 Å². The van der Waals surface area contributed by atoms with Crippen LogP contribution in [0.5, 0.6) is 0 Å². The van der Waals surface area contributed by atoms with E-state index in [0.29, 0.717) is 0 Å². The molecule has 4 saturated heterocycles. The Morgan fingerprint density at radius 1 is 0.710 bits per heavy atom. The SMILES string of the molecule is C.C#C[C@H]1O[C@H](CO)[C@@H](O)[C@H](O)[C@@H]1O.CC(=O)N[C@@H]1[C@@H](O)[C@H](O)[C@@H](CO)O[C@H]1N=[N+]=[N-].CC(=O)N[C@@H]1[C@@H](O)[C@H](O)[C@@H](CO)O[C@H]1n1cc([C@H]2O[C@H](CO)[C@@H](O)[C@H](O)[C@@H]2O)nn1.I. The number of ether oxygens (including phenoxy) is 4. The molecule has 2 amide bonds. The Labute approximate surface area is 370 Å². The first-order valence-electron chi connectivity index (χ1n) is 18.1. The second-order valence-corrected chi connectivity index (χ2v) is 13.9. The van der Waals surface area contributed by atoms with Gasteiger partial charge in [0.25, 0.3) is 0 Å². The first-order chi connectivity index (χ1) is 28.3. The Morgan fingerprint density at radius 3 is 1.63 bits per heavy atom. The van der Waals surface area contributed by atoms with Crippen LogP contribution in [0, 0.1) is 12.3 Å².